The molecule has 0 heterocycles. The minimum atomic E-state index is -1.12. The molecule has 4 heteroatoms. The van der Waals surface area contributed by atoms with Crippen LogP contribution in [0.1, 0.15) is 36.8 Å². The van der Waals surface area contributed by atoms with Crippen molar-refractivity contribution in [2.75, 3.05) is 27.7 Å². The SMILES string of the molecule is COc1ccc(C=C2CCCCC(CN(C)C)C2(O)c2ccc(F)cc2)cc1. The molecule has 3 rings (SSSR count). The highest BCUT2D eigenvalue weighted by atomic mass is 19.1. The van der Waals surface area contributed by atoms with E-state index in [-0.39, 0.29) is 11.7 Å². The fraction of sp³-hybridized carbons (Fsp3) is 0.417. The summed E-state index contributed by atoms with van der Waals surface area (Å²) in [7, 11) is 5.71. The van der Waals surface area contributed by atoms with Gasteiger partial charge in [0.05, 0.1) is 7.11 Å². The van der Waals surface area contributed by atoms with Crippen molar-refractivity contribution in [2.45, 2.75) is 31.3 Å². The zero-order chi connectivity index (χ0) is 20.1. The Hall–Kier alpha value is -2.17. The first-order chi connectivity index (χ1) is 13.4. The molecule has 0 amide bonds. The van der Waals surface area contributed by atoms with Gasteiger partial charge < -0.3 is 14.7 Å². The maximum atomic E-state index is 13.6. The van der Waals surface area contributed by atoms with Gasteiger partial charge in [0.1, 0.15) is 17.2 Å². The molecule has 0 aromatic heterocycles. The molecule has 0 bridgehead atoms. The molecule has 1 saturated carbocycles. The van der Waals surface area contributed by atoms with Crippen molar-refractivity contribution in [2.24, 2.45) is 5.92 Å². The van der Waals surface area contributed by atoms with Gasteiger partial charge in [-0.2, -0.15) is 0 Å². The summed E-state index contributed by atoms with van der Waals surface area (Å²) in [5.74, 6) is 0.563. The number of benzene rings is 2. The van der Waals surface area contributed by atoms with Gasteiger partial charge in [-0.05, 0) is 74.3 Å². The molecule has 0 radical (unpaired) electrons. The lowest BCUT2D eigenvalue weighted by Crippen LogP contribution is -2.41. The Balaban J connectivity index is 2.09. The van der Waals surface area contributed by atoms with Crippen LogP contribution in [0, 0.1) is 11.7 Å². The summed E-state index contributed by atoms with van der Waals surface area (Å²) >= 11 is 0. The lowest BCUT2D eigenvalue weighted by Gasteiger charge is -2.39. The average molecular weight is 384 g/mol. The number of methoxy groups -OCH3 is 1. The summed E-state index contributed by atoms with van der Waals surface area (Å²) in [5, 5.41) is 12.1. The monoisotopic (exact) mass is 383 g/mol. The topological polar surface area (TPSA) is 32.7 Å². The second kappa shape index (κ2) is 8.89. The third-order valence-electron chi connectivity index (χ3n) is 5.66. The predicted molar refractivity (Wildman–Crippen MR) is 112 cm³/mol. The Morgan fingerprint density at radius 3 is 2.39 bits per heavy atom. The van der Waals surface area contributed by atoms with Crippen LogP contribution in [-0.2, 0) is 5.60 Å². The smallest absolute Gasteiger partial charge is 0.123 e. The van der Waals surface area contributed by atoms with Crippen LogP contribution in [0.5, 0.6) is 5.75 Å². The van der Waals surface area contributed by atoms with Gasteiger partial charge in [0, 0.05) is 12.5 Å². The minimum Gasteiger partial charge on any atom is -0.497 e. The molecule has 0 spiro atoms. The van der Waals surface area contributed by atoms with Gasteiger partial charge in [-0.3, -0.25) is 0 Å². The van der Waals surface area contributed by atoms with E-state index < -0.39 is 5.60 Å². The lowest BCUT2D eigenvalue weighted by molar-refractivity contribution is 0.000439. The highest BCUT2D eigenvalue weighted by Crippen LogP contribution is 2.45. The molecule has 2 unspecified atom stereocenters. The van der Waals surface area contributed by atoms with Crippen molar-refractivity contribution in [3.8, 4) is 5.75 Å². The van der Waals surface area contributed by atoms with Crippen LogP contribution >= 0.6 is 0 Å². The molecule has 0 aliphatic heterocycles. The van der Waals surface area contributed by atoms with Gasteiger partial charge in [-0.25, -0.2) is 4.39 Å². The fourth-order valence-electron chi connectivity index (χ4n) is 4.24. The van der Waals surface area contributed by atoms with E-state index in [0.29, 0.717) is 0 Å². The number of hydrogen-bond acceptors (Lipinski definition) is 3. The zero-order valence-electron chi connectivity index (χ0n) is 17.0. The second-order valence-corrected chi connectivity index (χ2v) is 7.92. The van der Waals surface area contributed by atoms with Gasteiger partial charge in [-0.15, -0.1) is 0 Å². The fourth-order valence-corrected chi connectivity index (χ4v) is 4.24. The highest BCUT2D eigenvalue weighted by molar-refractivity contribution is 5.58. The largest absolute Gasteiger partial charge is 0.497 e. The minimum absolute atomic E-state index is 0.0416. The summed E-state index contributed by atoms with van der Waals surface area (Å²) in [4.78, 5) is 2.12. The number of halogens is 1. The molecule has 1 aliphatic carbocycles. The van der Waals surface area contributed by atoms with Crippen molar-refractivity contribution in [1.29, 1.82) is 0 Å². The number of nitrogens with zero attached hydrogens (tertiary/aromatic N) is 1. The Morgan fingerprint density at radius 2 is 1.79 bits per heavy atom. The molecule has 1 aliphatic rings. The molecule has 2 atom stereocenters. The summed E-state index contributed by atoms with van der Waals surface area (Å²) < 4.78 is 18.8. The van der Waals surface area contributed by atoms with E-state index in [4.69, 9.17) is 4.74 Å². The highest BCUT2D eigenvalue weighted by Gasteiger charge is 2.42. The first-order valence-electron chi connectivity index (χ1n) is 9.91. The molecule has 1 fully saturated rings. The van der Waals surface area contributed by atoms with Crippen LogP contribution in [0.3, 0.4) is 0 Å². The summed E-state index contributed by atoms with van der Waals surface area (Å²) in [6.45, 7) is 0.772. The predicted octanol–water partition coefficient (Wildman–Crippen LogP) is 4.86. The van der Waals surface area contributed by atoms with Gasteiger partial charge in [-0.1, -0.05) is 36.8 Å². The molecular weight excluding hydrogens is 353 g/mol. The van der Waals surface area contributed by atoms with Crippen LogP contribution in [0.2, 0.25) is 0 Å². The van der Waals surface area contributed by atoms with Crippen LogP contribution in [0.15, 0.2) is 54.1 Å². The Morgan fingerprint density at radius 1 is 1.11 bits per heavy atom. The Labute approximate surface area is 167 Å². The molecular formula is C24H30FNO2. The van der Waals surface area contributed by atoms with Crippen molar-refractivity contribution in [3.05, 3.63) is 71.0 Å². The summed E-state index contributed by atoms with van der Waals surface area (Å²) in [5.41, 5.74) is 1.67. The normalized spacial score (nSPS) is 24.4. The Bertz CT molecular complexity index is 798. The number of ether oxygens (including phenoxy) is 1. The van der Waals surface area contributed by atoms with E-state index in [9.17, 15) is 9.50 Å². The first kappa shape index (κ1) is 20.6. The summed E-state index contributed by atoms with van der Waals surface area (Å²) in [6, 6.07) is 14.2. The van der Waals surface area contributed by atoms with Gasteiger partial charge in [0.25, 0.3) is 0 Å². The number of hydrogen-bond donors (Lipinski definition) is 1. The molecule has 2 aromatic rings. The van der Waals surface area contributed by atoms with Crippen LogP contribution in [-0.4, -0.2) is 37.8 Å². The summed E-state index contributed by atoms with van der Waals surface area (Å²) in [6.07, 6.45) is 5.96. The molecule has 150 valence electrons. The van der Waals surface area contributed by atoms with E-state index >= 15 is 0 Å². The molecule has 3 nitrogen and oxygen atoms in total. The van der Waals surface area contributed by atoms with E-state index in [0.717, 1.165) is 54.7 Å². The number of aliphatic hydroxyl groups is 1. The maximum absolute atomic E-state index is 13.6. The Kier molecular flexibility index (Phi) is 6.53. The molecule has 28 heavy (non-hydrogen) atoms. The lowest BCUT2D eigenvalue weighted by atomic mass is 9.74. The van der Waals surface area contributed by atoms with E-state index in [1.807, 2.05) is 38.4 Å². The quantitative estimate of drug-likeness (QED) is 0.749. The van der Waals surface area contributed by atoms with Crippen LogP contribution in [0.4, 0.5) is 4.39 Å². The second-order valence-electron chi connectivity index (χ2n) is 7.92. The van der Waals surface area contributed by atoms with E-state index in [2.05, 4.69) is 11.0 Å². The average Bonchev–Trinajstić information content (AvgIpc) is 2.83. The van der Waals surface area contributed by atoms with Crippen molar-refractivity contribution in [3.63, 3.8) is 0 Å². The van der Waals surface area contributed by atoms with Crippen molar-refractivity contribution in [1.82, 2.24) is 4.90 Å². The van der Waals surface area contributed by atoms with Gasteiger partial charge in [0.2, 0.25) is 0 Å². The van der Waals surface area contributed by atoms with Gasteiger partial charge >= 0.3 is 0 Å². The molecule has 1 N–H and O–H groups in total. The first-order valence-corrected chi connectivity index (χ1v) is 9.91. The molecule has 2 aromatic carbocycles. The molecule has 0 saturated heterocycles. The van der Waals surface area contributed by atoms with E-state index in [1.165, 1.54) is 12.1 Å². The zero-order valence-corrected chi connectivity index (χ0v) is 17.0. The number of rotatable bonds is 5. The third kappa shape index (κ3) is 4.45. The van der Waals surface area contributed by atoms with Crippen LogP contribution < -0.4 is 4.74 Å². The van der Waals surface area contributed by atoms with Crippen molar-refractivity contribution >= 4 is 6.08 Å². The van der Waals surface area contributed by atoms with Crippen LogP contribution in [0.25, 0.3) is 6.08 Å². The van der Waals surface area contributed by atoms with Gasteiger partial charge in [0.15, 0.2) is 0 Å². The van der Waals surface area contributed by atoms with E-state index in [1.54, 1.807) is 19.2 Å². The standard InChI is InChI=1S/C24H30FNO2/c1-26(2)17-21-7-5-4-6-20(16-18-8-14-23(28-3)15-9-18)24(21,27)19-10-12-22(25)13-11-19/h8-16,21,27H,4-7,17H2,1-3H3. The third-order valence-corrected chi connectivity index (χ3v) is 5.66. The maximum Gasteiger partial charge on any atom is 0.123 e. The van der Waals surface area contributed by atoms with Crippen molar-refractivity contribution < 1.29 is 14.2 Å².